The van der Waals surface area contributed by atoms with Crippen LogP contribution >= 0.6 is 0 Å². The zero-order chi connectivity index (χ0) is 13.1. The normalized spacial score (nSPS) is 11.7. The first-order valence-corrected chi connectivity index (χ1v) is 4.27. The van der Waals surface area contributed by atoms with Gasteiger partial charge >= 0.3 is 12.3 Å². The minimum atomic E-state index is -4.87. The van der Waals surface area contributed by atoms with Crippen LogP contribution in [-0.2, 0) is 4.79 Å². The Balaban J connectivity index is 2.98. The van der Waals surface area contributed by atoms with Crippen molar-refractivity contribution in [3.63, 3.8) is 0 Å². The lowest BCUT2D eigenvalue weighted by Gasteiger charge is -2.09. The molecule has 0 heterocycles. The summed E-state index contributed by atoms with van der Waals surface area (Å²) in [7, 11) is 0. The van der Waals surface area contributed by atoms with E-state index < -0.39 is 23.8 Å². The van der Waals surface area contributed by atoms with Crippen molar-refractivity contribution in [3.8, 4) is 11.5 Å². The number of carboxylic acids is 1. The number of phenols is 1. The predicted molar refractivity (Wildman–Crippen MR) is 51.5 cm³/mol. The summed E-state index contributed by atoms with van der Waals surface area (Å²) in [5.41, 5.74) is 0.0756. The van der Waals surface area contributed by atoms with E-state index in [2.05, 4.69) is 4.74 Å². The van der Waals surface area contributed by atoms with Crippen LogP contribution in [0.25, 0.3) is 6.08 Å². The molecule has 0 amide bonds. The van der Waals surface area contributed by atoms with Crippen molar-refractivity contribution in [2.75, 3.05) is 0 Å². The Morgan fingerprint density at radius 3 is 2.47 bits per heavy atom. The molecule has 0 radical (unpaired) electrons. The van der Waals surface area contributed by atoms with Crippen molar-refractivity contribution in [1.29, 1.82) is 0 Å². The molecule has 2 N–H and O–H groups in total. The lowest BCUT2D eigenvalue weighted by molar-refractivity contribution is -0.274. The van der Waals surface area contributed by atoms with Crippen LogP contribution in [0.1, 0.15) is 5.56 Å². The smallest absolute Gasteiger partial charge is 0.508 e. The van der Waals surface area contributed by atoms with Gasteiger partial charge in [0.05, 0.1) is 0 Å². The van der Waals surface area contributed by atoms with Gasteiger partial charge in [-0.25, -0.2) is 4.79 Å². The predicted octanol–water partition coefficient (Wildman–Crippen LogP) is 2.39. The number of rotatable bonds is 3. The minimum absolute atomic E-state index is 0.0756. The highest BCUT2D eigenvalue weighted by molar-refractivity contribution is 5.85. The van der Waals surface area contributed by atoms with Crippen molar-refractivity contribution in [2.24, 2.45) is 0 Å². The van der Waals surface area contributed by atoms with Crippen LogP contribution in [0.15, 0.2) is 24.3 Å². The van der Waals surface area contributed by atoms with E-state index in [0.29, 0.717) is 0 Å². The van der Waals surface area contributed by atoms with Gasteiger partial charge in [0, 0.05) is 12.1 Å². The van der Waals surface area contributed by atoms with Crippen LogP contribution < -0.4 is 4.74 Å². The molecule has 1 aromatic rings. The Bertz CT molecular complexity index is 451. The molecule has 0 aromatic heterocycles. The number of hydrogen-bond acceptors (Lipinski definition) is 3. The van der Waals surface area contributed by atoms with Crippen LogP contribution in [0.5, 0.6) is 11.5 Å². The van der Waals surface area contributed by atoms with Crippen LogP contribution in [-0.4, -0.2) is 22.5 Å². The van der Waals surface area contributed by atoms with Gasteiger partial charge < -0.3 is 14.9 Å². The summed E-state index contributed by atoms with van der Waals surface area (Å²) in [6.07, 6.45) is -3.11. The van der Waals surface area contributed by atoms with E-state index in [-0.39, 0.29) is 5.56 Å². The molecule has 0 aliphatic heterocycles. The van der Waals surface area contributed by atoms with Gasteiger partial charge in [0.1, 0.15) is 11.5 Å². The molecule has 0 atom stereocenters. The highest BCUT2D eigenvalue weighted by atomic mass is 19.4. The summed E-state index contributed by atoms with van der Waals surface area (Å²) in [5.74, 6) is -2.34. The maximum atomic E-state index is 11.9. The van der Waals surface area contributed by atoms with Crippen LogP contribution in [0, 0.1) is 0 Å². The number of aliphatic carboxylic acids is 1. The minimum Gasteiger partial charge on any atom is -0.508 e. The van der Waals surface area contributed by atoms with Gasteiger partial charge in [-0.05, 0) is 23.8 Å². The van der Waals surface area contributed by atoms with E-state index in [1.165, 1.54) is 0 Å². The second-order valence-electron chi connectivity index (χ2n) is 2.98. The summed E-state index contributed by atoms with van der Waals surface area (Å²) >= 11 is 0. The Kier molecular flexibility index (Phi) is 3.62. The molecule has 0 aliphatic carbocycles. The quantitative estimate of drug-likeness (QED) is 0.806. The van der Waals surface area contributed by atoms with Crippen molar-refractivity contribution in [1.82, 2.24) is 0 Å². The van der Waals surface area contributed by atoms with E-state index in [4.69, 9.17) is 10.2 Å². The molecular formula is C10H7F3O4. The first-order valence-electron chi connectivity index (χ1n) is 4.27. The number of phenolic OH excluding ortho intramolecular Hbond substituents is 1. The third-order valence-electron chi connectivity index (χ3n) is 1.57. The molecule has 0 unspecified atom stereocenters. The van der Waals surface area contributed by atoms with E-state index in [9.17, 15) is 18.0 Å². The molecule has 0 saturated carbocycles. The summed E-state index contributed by atoms with van der Waals surface area (Å²) in [4.78, 5) is 10.2. The highest BCUT2D eigenvalue weighted by Gasteiger charge is 2.31. The average molecular weight is 248 g/mol. The zero-order valence-electron chi connectivity index (χ0n) is 8.23. The first kappa shape index (κ1) is 12.9. The molecule has 17 heavy (non-hydrogen) atoms. The second kappa shape index (κ2) is 4.77. The third-order valence-corrected chi connectivity index (χ3v) is 1.57. The molecule has 0 spiro atoms. The summed E-state index contributed by atoms with van der Waals surface area (Å²) in [6.45, 7) is 0. The Hall–Kier alpha value is -2.18. The van der Waals surface area contributed by atoms with Crippen molar-refractivity contribution in [3.05, 3.63) is 29.8 Å². The molecule has 1 rings (SSSR count). The van der Waals surface area contributed by atoms with Crippen molar-refractivity contribution in [2.45, 2.75) is 6.36 Å². The van der Waals surface area contributed by atoms with Crippen LogP contribution in [0.3, 0.4) is 0 Å². The standard InChI is InChI=1S/C10H7F3O4/c11-10(12,13)17-8-4-6(1-2-9(15)16)3-7(14)5-8/h1-5,14H,(H,15,16)/b2-1+. The molecule has 1 aromatic carbocycles. The monoisotopic (exact) mass is 248 g/mol. The molecule has 92 valence electrons. The second-order valence-corrected chi connectivity index (χ2v) is 2.98. The molecule has 7 heteroatoms. The van der Waals surface area contributed by atoms with Gasteiger partial charge in [-0.15, -0.1) is 13.2 Å². The number of carbonyl (C=O) groups is 1. The molecule has 0 saturated heterocycles. The maximum Gasteiger partial charge on any atom is 0.573 e. The number of hydrogen-bond donors (Lipinski definition) is 2. The van der Waals surface area contributed by atoms with Gasteiger partial charge in [0.2, 0.25) is 0 Å². The number of alkyl halides is 3. The molecule has 0 aliphatic rings. The lowest BCUT2D eigenvalue weighted by Crippen LogP contribution is -2.17. The van der Waals surface area contributed by atoms with Gasteiger partial charge in [0.25, 0.3) is 0 Å². The zero-order valence-corrected chi connectivity index (χ0v) is 8.23. The van der Waals surface area contributed by atoms with E-state index in [1.54, 1.807) is 0 Å². The third kappa shape index (κ3) is 4.92. The van der Waals surface area contributed by atoms with Gasteiger partial charge in [0.15, 0.2) is 0 Å². The maximum absolute atomic E-state index is 11.9. The van der Waals surface area contributed by atoms with Crippen LogP contribution in [0.2, 0.25) is 0 Å². The van der Waals surface area contributed by atoms with E-state index >= 15 is 0 Å². The highest BCUT2D eigenvalue weighted by Crippen LogP contribution is 2.27. The number of aromatic hydroxyl groups is 1. The molecule has 4 nitrogen and oxygen atoms in total. The number of ether oxygens (including phenoxy) is 1. The van der Waals surface area contributed by atoms with Crippen molar-refractivity contribution < 1.29 is 32.9 Å². The molecule has 0 bridgehead atoms. The molecule has 0 fully saturated rings. The summed E-state index contributed by atoms with van der Waals surface area (Å²) in [6, 6.07) is 2.82. The van der Waals surface area contributed by atoms with Gasteiger partial charge in [-0.3, -0.25) is 0 Å². The fourth-order valence-electron chi connectivity index (χ4n) is 1.06. The average Bonchev–Trinajstić information content (AvgIpc) is 2.10. The van der Waals surface area contributed by atoms with Crippen LogP contribution in [0.4, 0.5) is 13.2 Å². The first-order chi connectivity index (χ1) is 7.76. The van der Waals surface area contributed by atoms with Gasteiger partial charge in [-0.1, -0.05) is 0 Å². The Morgan fingerprint density at radius 2 is 1.94 bits per heavy atom. The topological polar surface area (TPSA) is 66.8 Å². The SMILES string of the molecule is O=C(O)/C=C/c1cc(O)cc(OC(F)(F)F)c1. The Morgan fingerprint density at radius 1 is 1.29 bits per heavy atom. The summed E-state index contributed by atoms with van der Waals surface area (Å²) < 4.78 is 39.3. The number of halogens is 3. The summed E-state index contributed by atoms with van der Waals surface area (Å²) in [5, 5.41) is 17.5. The van der Waals surface area contributed by atoms with E-state index in [0.717, 1.165) is 30.4 Å². The number of benzene rings is 1. The van der Waals surface area contributed by atoms with E-state index in [1.807, 2.05) is 0 Å². The molecular weight excluding hydrogens is 241 g/mol. The largest absolute Gasteiger partial charge is 0.573 e. The number of carboxylic acid groups (broad SMARTS) is 1. The lowest BCUT2D eigenvalue weighted by atomic mass is 10.2. The van der Waals surface area contributed by atoms with Crippen molar-refractivity contribution >= 4 is 12.0 Å². The Labute approximate surface area is 93.6 Å². The fourth-order valence-corrected chi connectivity index (χ4v) is 1.06. The van der Waals surface area contributed by atoms with Gasteiger partial charge in [-0.2, -0.15) is 0 Å². The fraction of sp³-hybridized carbons (Fsp3) is 0.100.